The number of aromatic amines is 1. The Morgan fingerprint density at radius 1 is 1.29 bits per heavy atom. The van der Waals surface area contributed by atoms with E-state index in [1.54, 1.807) is 6.08 Å². The number of carbonyl (C=O) groups is 1. The molecule has 2 aromatic carbocycles. The Bertz CT molecular complexity index is 911. The van der Waals surface area contributed by atoms with Gasteiger partial charge in [0.05, 0.1) is 11.6 Å². The van der Waals surface area contributed by atoms with Crippen LogP contribution in [0.5, 0.6) is 0 Å². The van der Waals surface area contributed by atoms with Crippen molar-refractivity contribution >= 4 is 28.7 Å². The zero-order valence-electron chi connectivity index (χ0n) is 13.7. The van der Waals surface area contributed by atoms with Gasteiger partial charge in [0.1, 0.15) is 0 Å². The molecule has 0 saturated carbocycles. The molecule has 0 spiro atoms. The molecule has 4 N–H and O–H groups in total. The van der Waals surface area contributed by atoms with E-state index in [1.807, 2.05) is 50.2 Å². The van der Waals surface area contributed by atoms with Crippen molar-refractivity contribution < 1.29 is 4.79 Å². The molecule has 0 saturated heterocycles. The lowest BCUT2D eigenvalue weighted by Crippen LogP contribution is -2.24. The average Bonchev–Trinajstić information content (AvgIpc) is 2.94. The standard InChI is InChI=1S/C19H20N4O/c1-12-4-3-5-15(10-12)13(2)21-18(24)9-7-14-6-8-17-16(11-14)19(20)23-22-17/h3-11,13H,1-2H3,(H,21,24)(H3,20,22,23)/b9-7+/t13-/m1/s1. The van der Waals surface area contributed by atoms with Crippen LogP contribution >= 0.6 is 0 Å². The fourth-order valence-electron chi connectivity index (χ4n) is 2.61. The molecule has 3 aromatic rings. The molecular formula is C19H20N4O. The molecule has 3 rings (SSSR count). The molecule has 5 nitrogen and oxygen atoms in total. The van der Waals surface area contributed by atoms with Gasteiger partial charge in [0, 0.05) is 11.5 Å². The van der Waals surface area contributed by atoms with Gasteiger partial charge >= 0.3 is 0 Å². The van der Waals surface area contributed by atoms with Crippen molar-refractivity contribution in [3.8, 4) is 0 Å². The minimum Gasteiger partial charge on any atom is -0.382 e. The number of amides is 1. The summed E-state index contributed by atoms with van der Waals surface area (Å²) < 4.78 is 0. The molecule has 0 aliphatic rings. The predicted octanol–water partition coefficient (Wildman–Crippen LogP) is 3.34. The molecular weight excluding hydrogens is 300 g/mol. The molecule has 1 amide bonds. The Kier molecular flexibility index (Phi) is 4.33. The van der Waals surface area contributed by atoms with Gasteiger partial charge in [0.2, 0.25) is 5.91 Å². The van der Waals surface area contributed by atoms with Gasteiger partial charge in [0.15, 0.2) is 5.82 Å². The van der Waals surface area contributed by atoms with E-state index in [9.17, 15) is 4.79 Å². The lowest BCUT2D eigenvalue weighted by Gasteiger charge is -2.13. The van der Waals surface area contributed by atoms with E-state index in [0.29, 0.717) is 5.82 Å². The Morgan fingerprint density at radius 2 is 2.12 bits per heavy atom. The number of aryl methyl sites for hydroxylation is 1. The molecule has 0 aliphatic heterocycles. The topological polar surface area (TPSA) is 83.8 Å². The van der Waals surface area contributed by atoms with Gasteiger partial charge in [-0.2, -0.15) is 5.10 Å². The van der Waals surface area contributed by atoms with Crippen molar-refractivity contribution in [3.05, 3.63) is 65.2 Å². The van der Waals surface area contributed by atoms with Crippen LogP contribution in [-0.2, 0) is 4.79 Å². The molecule has 122 valence electrons. The van der Waals surface area contributed by atoms with E-state index in [-0.39, 0.29) is 11.9 Å². The molecule has 0 aliphatic carbocycles. The molecule has 0 radical (unpaired) electrons. The first-order chi connectivity index (χ1) is 11.5. The maximum absolute atomic E-state index is 12.1. The van der Waals surface area contributed by atoms with Crippen molar-refractivity contribution in [2.75, 3.05) is 5.73 Å². The van der Waals surface area contributed by atoms with E-state index < -0.39 is 0 Å². The summed E-state index contributed by atoms with van der Waals surface area (Å²) in [6.07, 6.45) is 3.30. The Labute approximate surface area is 140 Å². The third-order valence-corrected chi connectivity index (χ3v) is 3.94. The van der Waals surface area contributed by atoms with Crippen LogP contribution in [0.4, 0.5) is 5.82 Å². The zero-order valence-corrected chi connectivity index (χ0v) is 13.7. The fraction of sp³-hybridized carbons (Fsp3) is 0.158. The SMILES string of the molecule is Cc1cccc([C@@H](C)NC(=O)/C=C/c2ccc3[nH]nc(N)c3c2)c1. The second kappa shape index (κ2) is 6.58. The number of nitrogens with two attached hydrogens (primary N) is 1. The van der Waals surface area contributed by atoms with Gasteiger partial charge in [0.25, 0.3) is 0 Å². The molecule has 0 unspecified atom stereocenters. The van der Waals surface area contributed by atoms with Crippen LogP contribution in [0.2, 0.25) is 0 Å². The minimum absolute atomic E-state index is 0.0472. The third-order valence-electron chi connectivity index (χ3n) is 3.94. The summed E-state index contributed by atoms with van der Waals surface area (Å²) in [5.41, 5.74) is 9.84. The van der Waals surface area contributed by atoms with Crippen molar-refractivity contribution in [2.45, 2.75) is 19.9 Å². The summed E-state index contributed by atoms with van der Waals surface area (Å²) in [4.78, 5) is 12.1. The number of carbonyl (C=O) groups excluding carboxylic acids is 1. The van der Waals surface area contributed by atoms with Gasteiger partial charge in [-0.15, -0.1) is 0 Å². The highest BCUT2D eigenvalue weighted by molar-refractivity contribution is 5.94. The summed E-state index contributed by atoms with van der Waals surface area (Å²) in [6, 6.07) is 13.8. The van der Waals surface area contributed by atoms with Gasteiger partial charge in [-0.25, -0.2) is 0 Å². The smallest absolute Gasteiger partial charge is 0.244 e. The maximum atomic E-state index is 12.1. The van der Waals surface area contributed by atoms with E-state index >= 15 is 0 Å². The molecule has 24 heavy (non-hydrogen) atoms. The molecule has 1 aromatic heterocycles. The first-order valence-corrected chi connectivity index (χ1v) is 7.81. The molecule has 0 fully saturated rings. The van der Waals surface area contributed by atoms with E-state index in [0.717, 1.165) is 22.0 Å². The van der Waals surface area contributed by atoms with Crippen LogP contribution in [-0.4, -0.2) is 16.1 Å². The van der Waals surface area contributed by atoms with Crippen LogP contribution in [0.25, 0.3) is 17.0 Å². The van der Waals surface area contributed by atoms with Crippen molar-refractivity contribution in [3.63, 3.8) is 0 Å². The lowest BCUT2D eigenvalue weighted by atomic mass is 10.1. The molecule has 5 heteroatoms. The fourth-order valence-corrected chi connectivity index (χ4v) is 2.61. The molecule has 1 atom stereocenters. The summed E-state index contributed by atoms with van der Waals surface area (Å²) in [7, 11) is 0. The van der Waals surface area contributed by atoms with E-state index in [4.69, 9.17) is 5.73 Å². The first kappa shape index (κ1) is 15.8. The monoisotopic (exact) mass is 320 g/mol. The second-order valence-electron chi connectivity index (χ2n) is 5.89. The maximum Gasteiger partial charge on any atom is 0.244 e. The molecule has 0 bridgehead atoms. The summed E-state index contributed by atoms with van der Waals surface area (Å²) >= 11 is 0. The first-order valence-electron chi connectivity index (χ1n) is 7.81. The Balaban J connectivity index is 1.68. The summed E-state index contributed by atoms with van der Waals surface area (Å²) in [5.74, 6) is 0.321. The number of hydrogen-bond donors (Lipinski definition) is 3. The summed E-state index contributed by atoms with van der Waals surface area (Å²) in [6.45, 7) is 4.01. The van der Waals surface area contributed by atoms with Gasteiger partial charge in [-0.1, -0.05) is 35.9 Å². The number of nitrogen functional groups attached to an aromatic ring is 1. The number of fused-ring (bicyclic) bond motifs is 1. The van der Waals surface area contributed by atoms with Crippen molar-refractivity contribution in [2.24, 2.45) is 0 Å². The number of anilines is 1. The highest BCUT2D eigenvalue weighted by atomic mass is 16.1. The highest BCUT2D eigenvalue weighted by Gasteiger charge is 2.07. The van der Waals surface area contributed by atoms with Crippen LogP contribution in [0, 0.1) is 6.92 Å². The lowest BCUT2D eigenvalue weighted by molar-refractivity contribution is -0.117. The number of hydrogen-bond acceptors (Lipinski definition) is 3. The second-order valence-corrected chi connectivity index (χ2v) is 5.89. The third kappa shape index (κ3) is 3.46. The average molecular weight is 320 g/mol. The van der Waals surface area contributed by atoms with Gasteiger partial charge in [-0.3, -0.25) is 9.89 Å². The predicted molar refractivity (Wildman–Crippen MR) is 97.3 cm³/mol. The van der Waals surface area contributed by atoms with Crippen LogP contribution in [0.15, 0.2) is 48.5 Å². The normalized spacial score (nSPS) is 12.6. The minimum atomic E-state index is -0.135. The van der Waals surface area contributed by atoms with Crippen LogP contribution in [0.1, 0.15) is 29.7 Å². The van der Waals surface area contributed by atoms with Crippen molar-refractivity contribution in [1.82, 2.24) is 15.5 Å². The Hall–Kier alpha value is -3.08. The van der Waals surface area contributed by atoms with Crippen LogP contribution < -0.4 is 11.1 Å². The van der Waals surface area contributed by atoms with Crippen molar-refractivity contribution in [1.29, 1.82) is 0 Å². The quantitative estimate of drug-likeness (QED) is 0.645. The van der Waals surface area contributed by atoms with E-state index in [1.165, 1.54) is 11.6 Å². The number of H-pyrrole nitrogens is 1. The highest BCUT2D eigenvalue weighted by Crippen LogP contribution is 2.20. The largest absolute Gasteiger partial charge is 0.382 e. The van der Waals surface area contributed by atoms with Crippen LogP contribution in [0.3, 0.4) is 0 Å². The van der Waals surface area contributed by atoms with Gasteiger partial charge < -0.3 is 11.1 Å². The molecule has 1 heterocycles. The number of nitrogens with one attached hydrogen (secondary N) is 2. The number of nitrogens with zero attached hydrogens (tertiary/aromatic N) is 1. The zero-order chi connectivity index (χ0) is 17.1. The van der Waals surface area contributed by atoms with Gasteiger partial charge in [-0.05, 0) is 43.2 Å². The summed E-state index contributed by atoms with van der Waals surface area (Å²) in [5, 5.41) is 10.6. The number of rotatable bonds is 4. The number of aromatic nitrogens is 2. The number of benzene rings is 2. The Morgan fingerprint density at radius 3 is 2.92 bits per heavy atom. The van der Waals surface area contributed by atoms with E-state index in [2.05, 4.69) is 21.6 Å².